The molecule has 4 rings (SSSR count). The first kappa shape index (κ1) is 16.2. The molecule has 0 spiro atoms. The molecule has 1 fully saturated rings. The third-order valence-electron chi connectivity index (χ3n) is 4.75. The Hall–Kier alpha value is -2.27. The smallest absolute Gasteiger partial charge is 0.261 e. The van der Waals surface area contributed by atoms with Crippen molar-refractivity contribution in [2.75, 3.05) is 18.0 Å². The predicted octanol–water partition coefficient (Wildman–Crippen LogP) is 4.53. The molecule has 0 amide bonds. The average molecular weight is 358 g/mol. The van der Waals surface area contributed by atoms with Crippen LogP contribution in [-0.4, -0.2) is 23.2 Å². The molecule has 0 aliphatic carbocycles. The number of aromatic nitrogens is 2. The van der Waals surface area contributed by atoms with E-state index in [1.54, 1.807) is 6.07 Å². The minimum absolute atomic E-state index is 0.162. The molecule has 130 valence electrons. The summed E-state index contributed by atoms with van der Waals surface area (Å²) in [6.45, 7) is 3.70. The van der Waals surface area contributed by atoms with Crippen molar-refractivity contribution in [1.82, 2.24) is 10.1 Å². The van der Waals surface area contributed by atoms with Crippen LogP contribution in [0.15, 0.2) is 33.6 Å². The molecule has 0 unspecified atom stereocenters. The highest BCUT2D eigenvalue weighted by Crippen LogP contribution is 2.36. The van der Waals surface area contributed by atoms with Gasteiger partial charge < -0.3 is 14.4 Å². The van der Waals surface area contributed by atoms with Gasteiger partial charge in [-0.1, -0.05) is 29.6 Å². The lowest BCUT2D eigenvalue weighted by molar-refractivity contribution is 0.426. The Morgan fingerprint density at radius 1 is 1.16 bits per heavy atom. The van der Waals surface area contributed by atoms with E-state index < -0.39 is 0 Å². The normalized spacial score (nSPS) is 15.5. The highest BCUT2D eigenvalue weighted by atomic mass is 35.5. The number of hydrogen-bond acceptors (Lipinski definition) is 4. The minimum Gasteiger partial charge on any atom is -0.370 e. The molecule has 0 bridgehead atoms. The number of halogens is 1. The molecule has 3 heterocycles. The van der Waals surface area contributed by atoms with E-state index >= 15 is 0 Å². The average Bonchev–Trinajstić information content (AvgIpc) is 2.84. The van der Waals surface area contributed by atoms with E-state index in [9.17, 15) is 4.79 Å². The monoisotopic (exact) mass is 357 g/mol. The number of hydrogen-bond donors (Lipinski definition) is 1. The van der Waals surface area contributed by atoms with Crippen molar-refractivity contribution >= 4 is 28.2 Å². The minimum atomic E-state index is -0.162. The molecule has 25 heavy (non-hydrogen) atoms. The summed E-state index contributed by atoms with van der Waals surface area (Å²) in [5.41, 5.74) is 2.82. The van der Waals surface area contributed by atoms with Gasteiger partial charge in [0.25, 0.3) is 5.56 Å². The number of benzene rings is 1. The van der Waals surface area contributed by atoms with Gasteiger partial charge in [0.05, 0.1) is 16.9 Å². The number of aryl methyl sites for hydroxylation is 1. The summed E-state index contributed by atoms with van der Waals surface area (Å²) in [5.74, 6) is 0.500. The van der Waals surface area contributed by atoms with E-state index in [0.29, 0.717) is 16.3 Å². The molecule has 1 aliphatic rings. The summed E-state index contributed by atoms with van der Waals surface area (Å²) in [6, 6.07) is 7.38. The van der Waals surface area contributed by atoms with Gasteiger partial charge in [0.2, 0.25) is 0 Å². The molecular weight excluding hydrogens is 338 g/mol. The summed E-state index contributed by atoms with van der Waals surface area (Å²) in [7, 11) is 0. The third kappa shape index (κ3) is 3.04. The first-order valence-electron chi connectivity index (χ1n) is 8.67. The number of rotatable bonds is 2. The van der Waals surface area contributed by atoms with Crippen LogP contribution in [0.2, 0.25) is 5.02 Å². The van der Waals surface area contributed by atoms with E-state index in [1.807, 2.05) is 25.1 Å². The summed E-state index contributed by atoms with van der Waals surface area (Å²) >= 11 is 6.26. The van der Waals surface area contributed by atoms with Crippen LogP contribution in [0.3, 0.4) is 0 Å². The van der Waals surface area contributed by atoms with Gasteiger partial charge in [-0.25, -0.2) is 0 Å². The molecule has 0 atom stereocenters. The predicted molar refractivity (Wildman–Crippen MR) is 100 cm³/mol. The van der Waals surface area contributed by atoms with E-state index in [1.165, 1.54) is 12.8 Å². The fourth-order valence-electron chi connectivity index (χ4n) is 3.58. The number of H-pyrrole nitrogens is 1. The lowest BCUT2D eigenvalue weighted by atomic mass is 10.0. The standard InChI is InChI=1S/C19H20ClN3O2/c1-12-10-16(25-22-12)17-18(23-8-4-2-3-5-9-23)14-11-13(20)6-7-15(14)21-19(17)24/h6-7,10-11H,2-5,8-9H2,1H3,(H,21,24). The third-order valence-corrected chi connectivity index (χ3v) is 4.98. The van der Waals surface area contributed by atoms with Crippen molar-refractivity contribution in [3.05, 3.63) is 45.3 Å². The van der Waals surface area contributed by atoms with Gasteiger partial charge in [-0.3, -0.25) is 4.79 Å². The molecule has 6 heteroatoms. The quantitative estimate of drug-likeness (QED) is 0.732. The van der Waals surface area contributed by atoms with Crippen molar-refractivity contribution in [2.45, 2.75) is 32.6 Å². The van der Waals surface area contributed by atoms with Gasteiger partial charge in [-0.05, 0) is 38.0 Å². The SMILES string of the molecule is Cc1cc(-c2c(N3CCCCCC3)c3cc(Cl)ccc3[nH]c2=O)on1. The Labute approximate surface area is 150 Å². The van der Waals surface area contributed by atoms with Crippen molar-refractivity contribution < 1.29 is 4.52 Å². The summed E-state index contributed by atoms with van der Waals surface area (Å²) < 4.78 is 5.44. The van der Waals surface area contributed by atoms with Crippen LogP contribution < -0.4 is 10.5 Å². The van der Waals surface area contributed by atoms with Gasteiger partial charge in [0, 0.05) is 29.6 Å². The maximum Gasteiger partial charge on any atom is 0.261 e. The fourth-order valence-corrected chi connectivity index (χ4v) is 3.75. The number of nitrogens with one attached hydrogen (secondary N) is 1. The van der Waals surface area contributed by atoms with Crippen LogP contribution in [0.4, 0.5) is 5.69 Å². The number of pyridine rings is 1. The lowest BCUT2D eigenvalue weighted by Crippen LogP contribution is -2.27. The van der Waals surface area contributed by atoms with Gasteiger partial charge in [-0.2, -0.15) is 0 Å². The van der Waals surface area contributed by atoms with Crippen molar-refractivity contribution in [3.63, 3.8) is 0 Å². The van der Waals surface area contributed by atoms with Crippen LogP contribution in [0, 0.1) is 6.92 Å². The fraction of sp³-hybridized carbons (Fsp3) is 0.368. The molecule has 0 saturated carbocycles. The molecule has 1 aliphatic heterocycles. The van der Waals surface area contributed by atoms with E-state index in [2.05, 4.69) is 15.0 Å². The van der Waals surface area contributed by atoms with Gasteiger partial charge in [0.15, 0.2) is 5.76 Å². The Bertz CT molecular complexity index is 968. The number of nitrogens with zero attached hydrogens (tertiary/aromatic N) is 2. The first-order chi connectivity index (χ1) is 12.1. The van der Waals surface area contributed by atoms with Crippen LogP contribution in [0.25, 0.3) is 22.2 Å². The molecule has 3 aromatic rings. The van der Waals surface area contributed by atoms with E-state index in [0.717, 1.165) is 48.2 Å². The van der Waals surface area contributed by atoms with Gasteiger partial charge in [-0.15, -0.1) is 0 Å². The number of aromatic amines is 1. The van der Waals surface area contributed by atoms with Crippen molar-refractivity contribution in [3.8, 4) is 11.3 Å². The van der Waals surface area contributed by atoms with Gasteiger partial charge >= 0.3 is 0 Å². The molecular formula is C19H20ClN3O2. The molecule has 0 radical (unpaired) electrons. The summed E-state index contributed by atoms with van der Waals surface area (Å²) in [5, 5.41) is 5.56. The summed E-state index contributed by atoms with van der Waals surface area (Å²) in [6.07, 6.45) is 4.66. The largest absolute Gasteiger partial charge is 0.370 e. The second kappa shape index (κ2) is 6.56. The van der Waals surface area contributed by atoms with Gasteiger partial charge in [0.1, 0.15) is 5.56 Å². The lowest BCUT2D eigenvalue weighted by Gasteiger charge is -2.26. The van der Waals surface area contributed by atoms with Crippen molar-refractivity contribution in [1.29, 1.82) is 0 Å². The molecule has 1 N–H and O–H groups in total. The Morgan fingerprint density at radius 2 is 1.92 bits per heavy atom. The Kier molecular flexibility index (Phi) is 4.25. The highest BCUT2D eigenvalue weighted by Gasteiger charge is 2.23. The number of fused-ring (bicyclic) bond motifs is 1. The van der Waals surface area contributed by atoms with Crippen LogP contribution >= 0.6 is 11.6 Å². The topological polar surface area (TPSA) is 62.1 Å². The van der Waals surface area contributed by atoms with E-state index in [4.69, 9.17) is 16.1 Å². The Morgan fingerprint density at radius 3 is 2.60 bits per heavy atom. The van der Waals surface area contributed by atoms with Crippen molar-refractivity contribution in [2.24, 2.45) is 0 Å². The Balaban J connectivity index is 2.03. The molecule has 1 saturated heterocycles. The molecule has 1 aromatic carbocycles. The first-order valence-corrected chi connectivity index (χ1v) is 9.05. The highest BCUT2D eigenvalue weighted by molar-refractivity contribution is 6.31. The van der Waals surface area contributed by atoms with Crippen LogP contribution in [0.1, 0.15) is 31.4 Å². The molecule has 5 nitrogen and oxygen atoms in total. The zero-order valence-electron chi connectivity index (χ0n) is 14.1. The van der Waals surface area contributed by atoms with E-state index in [-0.39, 0.29) is 5.56 Å². The summed E-state index contributed by atoms with van der Waals surface area (Å²) in [4.78, 5) is 18.1. The maximum atomic E-state index is 12.9. The van der Waals surface area contributed by atoms with Crippen LogP contribution in [0.5, 0.6) is 0 Å². The maximum absolute atomic E-state index is 12.9. The zero-order valence-corrected chi connectivity index (χ0v) is 14.9. The molecule has 2 aromatic heterocycles. The zero-order chi connectivity index (χ0) is 17.4. The second-order valence-corrected chi connectivity index (χ2v) is 7.04. The number of anilines is 1. The second-order valence-electron chi connectivity index (χ2n) is 6.60. The van der Waals surface area contributed by atoms with Crippen LogP contribution in [-0.2, 0) is 0 Å².